The normalized spacial score (nSPS) is 16.9. The van der Waals surface area contributed by atoms with Gasteiger partial charge in [0.1, 0.15) is 23.1 Å². The van der Waals surface area contributed by atoms with Gasteiger partial charge >= 0.3 is 0 Å². The Bertz CT molecular complexity index is 798. The van der Waals surface area contributed by atoms with Crippen molar-refractivity contribution in [2.75, 3.05) is 39.3 Å². The first-order valence-corrected chi connectivity index (χ1v) is 10.9. The summed E-state index contributed by atoms with van der Waals surface area (Å²) in [5, 5.41) is 0. The molecule has 1 aliphatic heterocycles. The summed E-state index contributed by atoms with van der Waals surface area (Å²) >= 11 is 6.97. The average Bonchev–Trinajstić information content (AvgIpc) is 3.04. The lowest BCUT2D eigenvalue weighted by Crippen LogP contribution is -3.15. The van der Waals surface area contributed by atoms with E-state index in [-0.39, 0.29) is 0 Å². The standard InChI is InChI=1S/C17H21ClN2O3S2/c1-14-2-4-15(5-3-14)23-13-12-19-8-10-20(11-9-19)25(21,22)17-7-6-16(18)24-17/h2-7H,8-13H2,1H3/p+1. The summed E-state index contributed by atoms with van der Waals surface area (Å²) in [6.45, 7) is 6.17. The molecule has 2 aromatic rings. The van der Waals surface area contributed by atoms with E-state index in [1.165, 1.54) is 10.5 Å². The molecule has 0 aliphatic carbocycles. The van der Waals surface area contributed by atoms with Crippen molar-refractivity contribution >= 4 is 33.0 Å². The molecule has 0 amide bonds. The number of ether oxygens (including phenoxy) is 1. The lowest BCUT2D eigenvalue weighted by molar-refractivity contribution is -0.903. The second-order valence-corrected chi connectivity index (χ2v) is 10.0. The quantitative estimate of drug-likeness (QED) is 0.801. The fourth-order valence-corrected chi connectivity index (χ4v) is 5.88. The minimum atomic E-state index is -3.41. The van der Waals surface area contributed by atoms with Crippen molar-refractivity contribution in [3.05, 3.63) is 46.3 Å². The van der Waals surface area contributed by atoms with Crippen LogP contribution in [0.15, 0.2) is 40.6 Å². The number of aryl methyl sites for hydroxylation is 1. The fraction of sp³-hybridized carbons (Fsp3) is 0.412. The molecule has 1 aliphatic rings. The third kappa shape index (κ3) is 4.74. The van der Waals surface area contributed by atoms with Gasteiger partial charge in [0.15, 0.2) is 0 Å². The molecule has 0 spiro atoms. The number of sulfonamides is 1. The molecule has 136 valence electrons. The van der Waals surface area contributed by atoms with Gasteiger partial charge in [-0.15, -0.1) is 11.3 Å². The molecule has 3 rings (SSSR count). The highest BCUT2D eigenvalue weighted by Gasteiger charge is 2.31. The zero-order chi connectivity index (χ0) is 17.9. The molecule has 5 nitrogen and oxygen atoms in total. The van der Waals surface area contributed by atoms with E-state index in [1.807, 2.05) is 31.2 Å². The highest BCUT2D eigenvalue weighted by molar-refractivity contribution is 7.91. The van der Waals surface area contributed by atoms with Crippen LogP contribution in [0.25, 0.3) is 0 Å². The molecule has 1 N–H and O–H groups in total. The first-order chi connectivity index (χ1) is 11.9. The predicted octanol–water partition coefficient (Wildman–Crippen LogP) is 1.68. The first-order valence-electron chi connectivity index (χ1n) is 8.24. The maximum atomic E-state index is 12.6. The highest BCUT2D eigenvalue weighted by Crippen LogP contribution is 2.27. The van der Waals surface area contributed by atoms with Gasteiger partial charge in [-0.3, -0.25) is 0 Å². The van der Waals surface area contributed by atoms with Gasteiger partial charge in [-0.05, 0) is 31.2 Å². The van der Waals surface area contributed by atoms with Crippen molar-refractivity contribution in [3.63, 3.8) is 0 Å². The Morgan fingerprint density at radius 1 is 1.16 bits per heavy atom. The van der Waals surface area contributed by atoms with Crippen molar-refractivity contribution in [2.24, 2.45) is 0 Å². The minimum absolute atomic E-state index is 0.323. The number of thiophene rings is 1. The van der Waals surface area contributed by atoms with Gasteiger partial charge in [-0.2, -0.15) is 4.31 Å². The maximum Gasteiger partial charge on any atom is 0.253 e. The summed E-state index contributed by atoms with van der Waals surface area (Å²) in [7, 11) is -3.41. The zero-order valence-electron chi connectivity index (χ0n) is 14.1. The molecule has 0 unspecified atom stereocenters. The van der Waals surface area contributed by atoms with E-state index in [2.05, 4.69) is 0 Å². The molecule has 0 bridgehead atoms. The molecule has 1 saturated heterocycles. The Morgan fingerprint density at radius 3 is 2.44 bits per heavy atom. The van der Waals surface area contributed by atoms with Gasteiger partial charge in [-0.1, -0.05) is 29.3 Å². The van der Waals surface area contributed by atoms with E-state index in [0.717, 1.165) is 36.7 Å². The Morgan fingerprint density at radius 2 is 1.84 bits per heavy atom. The summed E-state index contributed by atoms with van der Waals surface area (Å²) in [5.41, 5.74) is 1.21. The highest BCUT2D eigenvalue weighted by atomic mass is 35.5. The molecular formula is C17H22ClN2O3S2+. The van der Waals surface area contributed by atoms with Crippen molar-refractivity contribution in [3.8, 4) is 5.75 Å². The fourth-order valence-electron chi connectivity index (χ4n) is 2.80. The Kier molecular flexibility index (Phi) is 6.01. The van der Waals surface area contributed by atoms with E-state index >= 15 is 0 Å². The Labute approximate surface area is 157 Å². The lowest BCUT2D eigenvalue weighted by Gasteiger charge is -2.31. The largest absolute Gasteiger partial charge is 0.488 e. The summed E-state index contributed by atoms with van der Waals surface area (Å²) in [6, 6.07) is 11.2. The molecule has 0 radical (unpaired) electrons. The molecule has 1 fully saturated rings. The molecule has 0 saturated carbocycles. The molecule has 8 heteroatoms. The van der Waals surface area contributed by atoms with Crippen molar-refractivity contribution in [2.45, 2.75) is 11.1 Å². The monoisotopic (exact) mass is 401 g/mol. The summed E-state index contributed by atoms with van der Waals surface area (Å²) in [4.78, 5) is 1.36. The number of nitrogens with one attached hydrogen (secondary N) is 1. The zero-order valence-corrected chi connectivity index (χ0v) is 16.5. The van der Waals surface area contributed by atoms with Crippen LogP contribution in [0, 0.1) is 6.92 Å². The van der Waals surface area contributed by atoms with Crippen LogP contribution < -0.4 is 9.64 Å². The van der Waals surface area contributed by atoms with Crippen LogP contribution >= 0.6 is 22.9 Å². The van der Waals surface area contributed by atoms with E-state index in [1.54, 1.807) is 16.4 Å². The first kappa shape index (κ1) is 18.7. The third-order valence-electron chi connectivity index (χ3n) is 4.32. The summed E-state index contributed by atoms with van der Waals surface area (Å²) in [6.07, 6.45) is 0. The number of hydrogen-bond donors (Lipinski definition) is 1. The van der Waals surface area contributed by atoms with Crippen molar-refractivity contribution in [1.82, 2.24) is 4.31 Å². The van der Waals surface area contributed by atoms with Crippen LogP contribution in [-0.4, -0.2) is 52.1 Å². The number of quaternary nitrogens is 1. The van der Waals surface area contributed by atoms with Gasteiger partial charge in [0.2, 0.25) is 0 Å². The number of nitrogens with zero attached hydrogens (tertiary/aromatic N) is 1. The molecule has 1 aromatic heterocycles. The second-order valence-electron chi connectivity index (χ2n) is 6.12. The van der Waals surface area contributed by atoms with E-state index in [0.29, 0.717) is 28.2 Å². The van der Waals surface area contributed by atoms with Crippen LogP contribution in [0.5, 0.6) is 5.75 Å². The van der Waals surface area contributed by atoms with Gasteiger partial charge in [-0.25, -0.2) is 8.42 Å². The van der Waals surface area contributed by atoms with E-state index < -0.39 is 10.0 Å². The molecule has 1 aromatic carbocycles. The van der Waals surface area contributed by atoms with Crippen LogP contribution in [0.4, 0.5) is 0 Å². The third-order valence-corrected chi connectivity index (χ3v) is 7.91. The molecule has 25 heavy (non-hydrogen) atoms. The van der Waals surface area contributed by atoms with Crippen LogP contribution in [-0.2, 0) is 10.0 Å². The molecule has 2 heterocycles. The lowest BCUT2D eigenvalue weighted by atomic mass is 10.2. The smallest absolute Gasteiger partial charge is 0.253 e. The molecular weight excluding hydrogens is 380 g/mol. The van der Waals surface area contributed by atoms with Crippen molar-refractivity contribution < 1.29 is 18.1 Å². The maximum absolute atomic E-state index is 12.6. The van der Waals surface area contributed by atoms with Crippen LogP contribution in [0.3, 0.4) is 0 Å². The number of hydrogen-bond acceptors (Lipinski definition) is 4. The Balaban J connectivity index is 1.46. The van der Waals surface area contributed by atoms with E-state index in [9.17, 15) is 8.42 Å². The summed E-state index contributed by atoms with van der Waals surface area (Å²) < 4.78 is 33.3. The van der Waals surface area contributed by atoms with Crippen LogP contribution in [0.2, 0.25) is 4.34 Å². The molecule has 0 atom stereocenters. The topological polar surface area (TPSA) is 51.1 Å². The second kappa shape index (κ2) is 8.05. The minimum Gasteiger partial charge on any atom is -0.488 e. The predicted molar refractivity (Wildman–Crippen MR) is 100 cm³/mol. The summed E-state index contributed by atoms with van der Waals surface area (Å²) in [5.74, 6) is 0.876. The number of halogens is 1. The van der Waals surface area contributed by atoms with Gasteiger partial charge in [0.05, 0.1) is 30.5 Å². The van der Waals surface area contributed by atoms with Gasteiger partial charge < -0.3 is 9.64 Å². The number of piperazine rings is 1. The SMILES string of the molecule is Cc1ccc(OCC[NH+]2CCN(S(=O)(=O)c3ccc(Cl)s3)CC2)cc1. The number of rotatable bonds is 6. The van der Waals surface area contributed by atoms with Crippen molar-refractivity contribution in [1.29, 1.82) is 0 Å². The average molecular weight is 402 g/mol. The van der Waals surface area contributed by atoms with E-state index in [4.69, 9.17) is 16.3 Å². The number of benzene rings is 1. The van der Waals surface area contributed by atoms with Gasteiger partial charge in [0, 0.05) is 0 Å². The van der Waals surface area contributed by atoms with Crippen LogP contribution in [0.1, 0.15) is 5.56 Å². The van der Waals surface area contributed by atoms with Gasteiger partial charge in [0.25, 0.3) is 10.0 Å². The Hall–Kier alpha value is -1.12.